The molecule has 0 spiro atoms. The summed E-state index contributed by atoms with van der Waals surface area (Å²) in [5.41, 5.74) is -0.274. The van der Waals surface area contributed by atoms with Gasteiger partial charge in [-0.3, -0.25) is 0 Å². The average molecular weight is 223 g/mol. The summed E-state index contributed by atoms with van der Waals surface area (Å²) < 4.78 is 31.1. The minimum atomic E-state index is -0.968. The lowest BCUT2D eigenvalue weighted by atomic mass is 10.1. The summed E-state index contributed by atoms with van der Waals surface area (Å²) in [6, 6.07) is 6.03. The average Bonchev–Trinajstić information content (AvgIpc) is 3.05. The summed E-state index contributed by atoms with van der Waals surface area (Å²) in [7, 11) is 0. The summed E-state index contributed by atoms with van der Waals surface area (Å²) in [6.07, 6.45) is 2.32. The fourth-order valence-corrected chi connectivity index (χ4v) is 1.52. The second-order valence-corrected chi connectivity index (χ2v) is 4.04. The second kappa shape index (κ2) is 4.09. The fourth-order valence-electron chi connectivity index (χ4n) is 1.52. The molecule has 0 saturated heterocycles. The molecule has 1 aromatic carbocycles. The zero-order valence-corrected chi connectivity index (χ0v) is 8.67. The molecule has 2 nitrogen and oxygen atoms in total. The van der Waals surface area contributed by atoms with Crippen LogP contribution in [0.5, 0.6) is 5.75 Å². The van der Waals surface area contributed by atoms with Crippen LogP contribution >= 0.6 is 0 Å². The molecule has 0 unspecified atom stereocenters. The molecule has 0 atom stereocenters. The van der Waals surface area contributed by atoms with Crippen LogP contribution < -0.4 is 4.74 Å². The van der Waals surface area contributed by atoms with E-state index in [0.29, 0.717) is 6.42 Å². The molecule has 0 bridgehead atoms. The highest BCUT2D eigenvalue weighted by atomic mass is 19.2. The van der Waals surface area contributed by atoms with E-state index in [2.05, 4.69) is 6.07 Å². The van der Waals surface area contributed by atoms with Crippen LogP contribution in [0.4, 0.5) is 8.78 Å². The molecule has 0 aromatic heterocycles. The summed E-state index contributed by atoms with van der Waals surface area (Å²) in [5.74, 6) is -1.98. The van der Waals surface area contributed by atoms with Crippen molar-refractivity contribution >= 4 is 0 Å². The molecule has 0 heterocycles. The van der Waals surface area contributed by atoms with Gasteiger partial charge in [-0.05, 0) is 25.0 Å². The first-order valence-corrected chi connectivity index (χ1v) is 5.15. The highest BCUT2D eigenvalue weighted by molar-refractivity contribution is 5.25. The first-order valence-electron chi connectivity index (χ1n) is 5.15. The molecule has 1 aliphatic rings. The van der Waals surface area contributed by atoms with Crippen molar-refractivity contribution in [2.45, 2.75) is 19.3 Å². The molecular weight excluding hydrogens is 212 g/mol. The van der Waals surface area contributed by atoms with Gasteiger partial charge in [-0.15, -0.1) is 0 Å². The highest BCUT2D eigenvalue weighted by Gasteiger charge is 2.42. The van der Waals surface area contributed by atoms with E-state index in [1.54, 1.807) is 0 Å². The van der Waals surface area contributed by atoms with Gasteiger partial charge in [0.05, 0.1) is 18.1 Å². The van der Waals surface area contributed by atoms with E-state index >= 15 is 0 Å². The quantitative estimate of drug-likeness (QED) is 0.786. The molecule has 4 heteroatoms. The Bertz CT molecular complexity index is 435. The van der Waals surface area contributed by atoms with Gasteiger partial charge in [0.15, 0.2) is 11.6 Å². The monoisotopic (exact) mass is 223 g/mol. The maximum Gasteiger partial charge on any atom is 0.200 e. The Morgan fingerprint density at radius 2 is 2.12 bits per heavy atom. The van der Waals surface area contributed by atoms with Crippen molar-refractivity contribution < 1.29 is 13.5 Å². The van der Waals surface area contributed by atoms with Crippen LogP contribution in [0.25, 0.3) is 0 Å². The third-order valence-corrected chi connectivity index (χ3v) is 2.85. The van der Waals surface area contributed by atoms with Crippen molar-refractivity contribution in [3.8, 4) is 11.8 Å². The third kappa shape index (κ3) is 2.13. The normalized spacial score (nSPS) is 16.6. The maximum atomic E-state index is 13.2. The molecule has 2 rings (SSSR count). The van der Waals surface area contributed by atoms with Crippen molar-refractivity contribution in [2.75, 3.05) is 6.61 Å². The molecule has 0 amide bonds. The Kier molecular flexibility index (Phi) is 2.78. The van der Waals surface area contributed by atoms with Gasteiger partial charge in [0.25, 0.3) is 0 Å². The lowest BCUT2D eigenvalue weighted by Crippen LogP contribution is -2.06. The van der Waals surface area contributed by atoms with E-state index in [0.717, 1.165) is 18.9 Å². The molecule has 84 valence electrons. The van der Waals surface area contributed by atoms with Crippen LogP contribution in [0.15, 0.2) is 18.2 Å². The van der Waals surface area contributed by atoms with Gasteiger partial charge >= 0.3 is 0 Å². The van der Waals surface area contributed by atoms with Crippen molar-refractivity contribution in [3.05, 3.63) is 29.8 Å². The van der Waals surface area contributed by atoms with Gasteiger partial charge in [-0.2, -0.15) is 9.65 Å². The van der Waals surface area contributed by atoms with Gasteiger partial charge in [0.2, 0.25) is 5.82 Å². The number of halogens is 2. The largest absolute Gasteiger partial charge is 0.490 e. The number of nitrogens with zero attached hydrogens (tertiary/aromatic N) is 1. The predicted molar refractivity (Wildman–Crippen MR) is 53.8 cm³/mol. The Morgan fingerprint density at radius 1 is 1.38 bits per heavy atom. The molecule has 1 aliphatic carbocycles. The third-order valence-electron chi connectivity index (χ3n) is 2.85. The Morgan fingerprint density at radius 3 is 2.75 bits per heavy atom. The zero-order chi connectivity index (χ0) is 11.6. The maximum absolute atomic E-state index is 13.2. The van der Waals surface area contributed by atoms with Crippen LogP contribution in [0.2, 0.25) is 0 Å². The second-order valence-electron chi connectivity index (χ2n) is 4.04. The van der Waals surface area contributed by atoms with E-state index < -0.39 is 11.6 Å². The van der Waals surface area contributed by atoms with Crippen LogP contribution in [0.3, 0.4) is 0 Å². The van der Waals surface area contributed by atoms with Crippen molar-refractivity contribution in [1.82, 2.24) is 0 Å². The molecule has 1 saturated carbocycles. The standard InChI is InChI=1S/C12H11F2NO/c13-9-2-1-3-10(11(9)14)16-7-6-12(8-15)4-5-12/h1-3H,4-7H2. The van der Waals surface area contributed by atoms with Crippen molar-refractivity contribution in [3.63, 3.8) is 0 Å². The number of nitriles is 1. The van der Waals surface area contributed by atoms with Gasteiger partial charge in [-0.25, -0.2) is 4.39 Å². The van der Waals surface area contributed by atoms with E-state index in [9.17, 15) is 8.78 Å². The number of hydrogen-bond donors (Lipinski definition) is 0. The first kappa shape index (κ1) is 10.9. The summed E-state index contributed by atoms with van der Waals surface area (Å²) in [5, 5.41) is 8.81. The molecule has 0 aliphatic heterocycles. The lowest BCUT2D eigenvalue weighted by molar-refractivity contribution is 0.271. The van der Waals surface area contributed by atoms with Gasteiger partial charge in [-0.1, -0.05) is 6.07 Å². The van der Waals surface area contributed by atoms with Crippen LogP contribution in [0.1, 0.15) is 19.3 Å². The van der Waals surface area contributed by atoms with E-state index in [1.165, 1.54) is 12.1 Å². The zero-order valence-electron chi connectivity index (χ0n) is 8.67. The van der Waals surface area contributed by atoms with Gasteiger partial charge < -0.3 is 4.74 Å². The Labute approximate surface area is 92.5 Å². The molecular formula is C12H11F2NO. The number of benzene rings is 1. The van der Waals surface area contributed by atoms with Crippen molar-refractivity contribution in [2.24, 2.45) is 5.41 Å². The summed E-state index contributed by atoms with van der Waals surface area (Å²) >= 11 is 0. The minimum absolute atomic E-state index is 0.0891. The van der Waals surface area contributed by atoms with E-state index in [4.69, 9.17) is 10.00 Å². The van der Waals surface area contributed by atoms with E-state index in [1.807, 2.05) is 0 Å². The molecule has 16 heavy (non-hydrogen) atoms. The van der Waals surface area contributed by atoms with Crippen molar-refractivity contribution in [1.29, 1.82) is 5.26 Å². The minimum Gasteiger partial charge on any atom is -0.490 e. The summed E-state index contributed by atoms with van der Waals surface area (Å²) in [6.45, 7) is 0.244. The van der Waals surface area contributed by atoms with Crippen LogP contribution in [0, 0.1) is 28.4 Å². The Hall–Kier alpha value is -1.63. The molecule has 0 radical (unpaired) electrons. The highest BCUT2D eigenvalue weighted by Crippen LogP contribution is 2.47. The van der Waals surface area contributed by atoms with Gasteiger partial charge in [0.1, 0.15) is 0 Å². The topological polar surface area (TPSA) is 33.0 Å². The number of ether oxygens (including phenoxy) is 1. The Balaban J connectivity index is 1.91. The molecule has 1 fully saturated rings. The predicted octanol–water partition coefficient (Wildman–Crippen LogP) is 3.04. The lowest BCUT2D eigenvalue weighted by Gasteiger charge is -2.09. The summed E-state index contributed by atoms with van der Waals surface area (Å²) in [4.78, 5) is 0. The van der Waals surface area contributed by atoms with Crippen LogP contribution in [-0.4, -0.2) is 6.61 Å². The van der Waals surface area contributed by atoms with Gasteiger partial charge in [0, 0.05) is 6.42 Å². The SMILES string of the molecule is N#CC1(CCOc2cccc(F)c2F)CC1. The molecule has 1 aromatic rings. The fraction of sp³-hybridized carbons (Fsp3) is 0.417. The number of rotatable bonds is 4. The smallest absolute Gasteiger partial charge is 0.200 e. The van der Waals surface area contributed by atoms with Crippen LogP contribution in [-0.2, 0) is 0 Å². The van der Waals surface area contributed by atoms with E-state index in [-0.39, 0.29) is 17.8 Å². The molecule has 0 N–H and O–H groups in total. The number of hydrogen-bond acceptors (Lipinski definition) is 2. The first-order chi connectivity index (χ1) is 7.67.